The van der Waals surface area contributed by atoms with E-state index in [1.165, 1.54) is 6.07 Å². The summed E-state index contributed by atoms with van der Waals surface area (Å²) in [5, 5.41) is 0.166. The molecule has 0 N–H and O–H groups in total. The van der Waals surface area contributed by atoms with E-state index in [1.54, 1.807) is 6.07 Å². The van der Waals surface area contributed by atoms with Gasteiger partial charge in [0.25, 0.3) is 0 Å². The molecule has 0 fully saturated rings. The number of hydrogen-bond acceptors (Lipinski definition) is 0. The Bertz CT molecular complexity index is 351. The predicted octanol–water partition coefficient (Wildman–Crippen LogP) is 5.56. The highest BCUT2D eigenvalue weighted by Gasteiger charge is 2.21. The van der Waals surface area contributed by atoms with Crippen molar-refractivity contribution in [1.82, 2.24) is 0 Å². The van der Waals surface area contributed by atoms with Crippen LogP contribution < -0.4 is 0 Å². The minimum atomic E-state index is -0.187. The molecule has 0 saturated heterocycles. The van der Waals surface area contributed by atoms with Crippen molar-refractivity contribution in [3.8, 4) is 0 Å². The van der Waals surface area contributed by atoms with E-state index in [1.807, 2.05) is 6.07 Å². The topological polar surface area (TPSA) is 0 Å². The number of alkyl halides is 1. The van der Waals surface area contributed by atoms with Crippen molar-refractivity contribution >= 4 is 27.5 Å². The second kappa shape index (κ2) is 6.19. The molecule has 1 atom stereocenters. The smallest absolute Gasteiger partial charge is 0.124 e. The number of aryl methyl sites for hydroxylation is 1. The fraction of sp³-hybridized carbons (Fsp3) is 0.571. The van der Waals surface area contributed by atoms with Crippen molar-refractivity contribution in [3.05, 3.63) is 34.1 Å². The molecule has 0 nitrogen and oxygen atoms in total. The highest BCUT2D eigenvalue weighted by atomic mass is 79.9. The molecular formula is C14H19BrClF. The summed E-state index contributed by atoms with van der Waals surface area (Å²) in [6.45, 7) is 6.43. The van der Waals surface area contributed by atoms with E-state index < -0.39 is 0 Å². The van der Waals surface area contributed by atoms with Gasteiger partial charge in [0.1, 0.15) is 5.82 Å². The standard InChI is InChI=1S/C14H19BrClF/c1-14(2,3)13(16)6-4-5-10-7-11(15)9-12(17)8-10/h7-9,13H,4-6H2,1-3H3. The van der Waals surface area contributed by atoms with Gasteiger partial charge >= 0.3 is 0 Å². The van der Waals surface area contributed by atoms with Gasteiger partial charge in [0, 0.05) is 9.85 Å². The van der Waals surface area contributed by atoms with Gasteiger partial charge in [-0.1, -0.05) is 36.7 Å². The van der Waals surface area contributed by atoms with Crippen LogP contribution in [0.25, 0.3) is 0 Å². The van der Waals surface area contributed by atoms with E-state index in [4.69, 9.17) is 11.6 Å². The van der Waals surface area contributed by atoms with Crippen molar-refractivity contribution in [2.75, 3.05) is 0 Å². The maximum absolute atomic E-state index is 13.1. The first-order valence-corrected chi connectivity index (χ1v) is 7.11. The minimum Gasteiger partial charge on any atom is -0.207 e. The van der Waals surface area contributed by atoms with Crippen LogP contribution in [0, 0.1) is 11.2 Å². The van der Waals surface area contributed by atoms with Crippen LogP contribution in [0.5, 0.6) is 0 Å². The Morgan fingerprint density at radius 1 is 1.29 bits per heavy atom. The Labute approximate surface area is 117 Å². The fourth-order valence-electron chi connectivity index (χ4n) is 1.67. The van der Waals surface area contributed by atoms with Gasteiger partial charge in [0.05, 0.1) is 0 Å². The molecule has 96 valence electrons. The van der Waals surface area contributed by atoms with E-state index in [0.717, 1.165) is 29.3 Å². The monoisotopic (exact) mass is 320 g/mol. The molecule has 0 saturated carbocycles. The number of rotatable bonds is 4. The molecule has 17 heavy (non-hydrogen) atoms. The van der Waals surface area contributed by atoms with E-state index in [2.05, 4.69) is 36.7 Å². The summed E-state index contributed by atoms with van der Waals surface area (Å²) in [6.07, 6.45) is 2.82. The lowest BCUT2D eigenvalue weighted by atomic mass is 9.88. The first-order valence-electron chi connectivity index (χ1n) is 5.88. The molecule has 0 spiro atoms. The summed E-state index contributed by atoms with van der Waals surface area (Å²) in [4.78, 5) is 0. The Balaban J connectivity index is 2.46. The molecule has 3 heteroatoms. The SMILES string of the molecule is CC(C)(C)C(Cl)CCCc1cc(F)cc(Br)c1. The predicted molar refractivity (Wildman–Crippen MR) is 76.1 cm³/mol. The maximum Gasteiger partial charge on any atom is 0.124 e. The molecule has 0 aliphatic carbocycles. The highest BCUT2D eigenvalue weighted by Crippen LogP contribution is 2.28. The van der Waals surface area contributed by atoms with E-state index in [-0.39, 0.29) is 16.6 Å². The second-order valence-corrected chi connectivity index (χ2v) is 6.95. The Morgan fingerprint density at radius 2 is 1.94 bits per heavy atom. The average Bonchev–Trinajstić information content (AvgIpc) is 2.14. The molecule has 1 rings (SSSR count). The van der Waals surface area contributed by atoms with Gasteiger partial charge in [-0.05, 0) is 48.4 Å². The van der Waals surface area contributed by atoms with Crippen LogP contribution in [0.2, 0.25) is 0 Å². The molecule has 0 aromatic heterocycles. The number of hydrogen-bond donors (Lipinski definition) is 0. The zero-order valence-electron chi connectivity index (χ0n) is 10.6. The average molecular weight is 322 g/mol. The van der Waals surface area contributed by atoms with Gasteiger partial charge in [-0.25, -0.2) is 4.39 Å². The van der Waals surface area contributed by atoms with Crippen LogP contribution >= 0.6 is 27.5 Å². The lowest BCUT2D eigenvalue weighted by molar-refractivity contribution is 0.369. The van der Waals surface area contributed by atoms with Crippen molar-refractivity contribution in [2.24, 2.45) is 5.41 Å². The molecule has 1 aromatic rings. The van der Waals surface area contributed by atoms with Crippen LogP contribution in [0.3, 0.4) is 0 Å². The van der Waals surface area contributed by atoms with Crippen LogP contribution in [-0.2, 0) is 6.42 Å². The van der Waals surface area contributed by atoms with Crippen LogP contribution in [0.1, 0.15) is 39.2 Å². The van der Waals surface area contributed by atoms with Crippen molar-refractivity contribution < 1.29 is 4.39 Å². The first kappa shape index (κ1) is 15.0. The quantitative estimate of drug-likeness (QED) is 0.636. The van der Waals surface area contributed by atoms with Crippen molar-refractivity contribution in [2.45, 2.75) is 45.4 Å². The van der Waals surface area contributed by atoms with E-state index in [0.29, 0.717) is 0 Å². The molecule has 0 heterocycles. The summed E-state index contributed by atoms with van der Waals surface area (Å²) in [6, 6.07) is 5.03. The molecule has 0 aliphatic rings. The third-order valence-electron chi connectivity index (χ3n) is 2.79. The van der Waals surface area contributed by atoms with Crippen LogP contribution in [0.4, 0.5) is 4.39 Å². The Hall–Kier alpha value is -0.0800. The molecule has 0 bridgehead atoms. The second-order valence-electron chi connectivity index (χ2n) is 5.50. The molecule has 0 amide bonds. The lowest BCUT2D eigenvalue weighted by Gasteiger charge is -2.24. The minimum absolute atomic E-state index is 0.129. The molecule has 0 aliphatic heterocycles. The molecule has 1 unspecified atom stereocenters. The zero-order valence-corrected chi connectivity index (χ0v) is 12.9. The third-order valence-corrected chi connectivity index (χ3v) is 4.12. The van der Waals surface area contributed by atoms with Crippen LogP contribution in [-0.4, -0.2) is 5.38 Å². The summed E-state index contributed by atoms with van der Waals surface area (Å²) in [7, 11) is 0. The lowest BCUT2D eigenvalue weighted by Crippen LogP contribution is -2.20. The highest BCUT2D eigenvalue weighted by molar-refractivity contribution is 9.10. The molecule has 0 radical (unpaired) electrons. The maximum atomic E-state index is 13.1. The summed E-state index contributed by atoms with van der Waals surface area (Å²) in [5.41, 5.74) is 1.15. The number of halogens is 3. The largest absolute Gasteiger partial charge is 0.207 e. The van der Waals surface area contributed by atoms with Gasteiger partial charge in [-0.3, -0.25) is 0 Å². The Kier molecular flexibility index (Phi) is 5.46. The Morgan fingerprint density at radius 3 is 2.47 bits per heavy atom. The van der Waals surface area contributed by atoms with Crippen molar-refractivity contribution in [1.29, 1.82) is 0 Å². The van der Waals surface area contributed by atoms with Crippen molar-refractivity contribution in [3.63, 3.8) is 0 Å². The van der Waals surface area contributed by atoms with Gasteiger partial charge in [0.15, 0.2) is 0 Å². The van der Waals surface area contributed by atoms with Gasteiger partial charge in [-0.15, -0.1) is 11.6 Å². The summed E-state index contributed by atoms with van der Waals surface area (Å²) < 4.78 is 13.9. The van der Waals surface area contributed by atoms with Gasteiger partial charge in [0.2, 0.25) is 0 Å². The van der Waals surface area contributed by atoms with E-state index >= 15 is 0 Å². The molecule has 1 aromatic carbocycles. The fourth-order valence-corrected chi connectivity index (χ4v) is 2.34. The third kappa shape index (κ3) is 5.39. The molecular weight excluding hydrogens is 303 g/mol. The zero-order chi connectivity index (χ0) is 13.1. The van der Waals surface area contributed by atoms with Crippen LogP contribution in [0.15, 0.2) is 22.7 Å². The first-order chi connectivity index (χ1) is 7.79. The van der Waals surface area contributed by atoms with E-state index in [9.17, 15) is 4.39 Å². The summed E-state index contributed by atoms with van der Waals surface area (Å²) in [5.74, 6) is -0.187. The summed E-state index contributed by atoms with van der Waals surface area (Å²) >= 11 is 9.60. The van der Waals surface area contributed by atoms with Gasteiger partial charge in [-0.2, -0.15) is 0 Å². The normalized spacial score (nSPS) is 13.8. The van der Waals surface area contributed by atoms with Gasteiger partial charge < -0.3 is 0 Å². The number of benzene rings is 1.